The van der Waals surface area contributed by atoms with E-state index in [2.05, 4.69) is 167 Å². The molecule has 3 aliphatic heterocycles. The minimum Gasteiger partial charge on any atom is -0.462 e. The van der Waals surface area contributed by atoms with Gasteiger partial charge in [0.2, 0.25) is 11.4 Å². The minimum absolute atomic E-state index is 0.0635. The quantitative estimate of drug-likeness (QED) is 0.236. The number of ether oxygens (including phenoxy) is 1. The summed E-state index contributed by atoms with van der Waals surface area (Å²) < 4.78 is 9.55. The Kier molecular flexibility index (Phi) is 5.89. The van der Waals surface area contributed by atoms with Gasteiger partial charge in [-0.25, -0.2) is 0 Å². The maximum absolute atomic E-state index is 7.22. The molecule has 0 radical (unpaired) electrons. The zero-order valence-corrected chi connectivity index (χ0v) is 25.5. The van der Waals surface area contributed by atoms with Gasteiger partial charge in [0.1, 0.15) is 12.8 Å². The number of para-hydroxylation sites is 2. The summed E-state index contributed by atoms with van der Waals surface area (Å²) in [6.45, 7) is 9.23. The first-order valence-electron chi connectivity index (χ1n) is 14.9. The molecule has 0 bridgehead atoms. The van der Waals surface area contributed by atoms with Crippen molar-refractivity contribution in [3.8, 4) is 5.75 Å². The molecule has 3 heteroatoms. The van der Waals surface area contributed by atoms with Crippen LogP contribution in [-0.2, 0) is 17.3 Å². The molecule has 1 spiro atoms. The van der Waals surface area contributed by atoms with Crippen molar-refractivity contribution in [3.05, 3.63) is 137 Å². The summed E-state index contributed by atoms with van der Waals surface area (Å²) in [4.78, 5) is 2.31. The monoisotopic (exact) mass is 551 g/mol. The highest BCUT2D eigenvalue weighted by atomic mass is 16.5. The first-order valence-corrected chi connectivity index (χ1v) is 14.9. The number of hydrogen-bond acceptors (Lipinski definition) is 2. The van der Waals surface area contributed by atoms with Crippen LogP contribution in [0.5, 0.6) is 5.75 Å². The average Bonchev–Trinajstić information content (AvgIpc) is 3.29. The summed E-state index contributed by atoms with van der Waals surface area (Å²) in [7, 11) is 4.33. The average molecular weight is 552 g/mol. The standard InChI is InChI=1S/C39H39N2O/c1-37(2)31-16-10-12-18-33(31)40(5)35(37)21-20-28-25-29-22-23-39(38(3,4)32-17-11-13-19-34(32)41(39)6)42-36(29)30(26-28)24-27-14-8-7-9-15-27/h7-23,25-26H,24H2,1-6H3/q+1/b21-20+. The van der Waals surface area contributed by atoms with Crippen LogP contribution in [0.4, 0.5) is 11.4 Å². The van der Waals surface area contributed by atoms with Crippen molar-refractivity contribution in [1.82, 2.24) is 0 Å². The van der Waals surface area contributed by atoms with Gasteiger partial charge < -0.3 is 9.64 Å². The van der Waals surface area contributed by atoms with E-state index in [1.54, 1.807) is 0 Å². The van der Waals surface area contributed by atoms with Gasteiger partial charge in [0.15, 0.2) is 5.71 Å². The molecule has 0 fully saturated rings. The Bertz CT molecular complexity index is 1810. The topological polar surface area (TPSA) is 15.5 Å². The second-order valence-corrected chi connectivity index (χ2v) is 13.0. The van der Waals surface area contributed by atoms with E-state index in [1.807, 2.05) is 0 Å². The minimum atomic E-state index is -0.606. The van der Waals surface area contributed by atoms with Crippen LogP contribution in [0.25, 0.3) is 12.2 Å². The maximum Gasteiger partial charge on any atom is 0.211 e. The lowest BCUT2D eigenvalue weighted by molar-refractivity contribution is -0.401. The second-order valence-electron chi connectivity index (χ2n) is 13.0. The molecule has 210 valence electrons. The molecule has 1 unspecified atom stereocenters. The number of nitrogens with zero attached hydrogens (tertiary/aromatic N) is 2. The molecule has 0 aliphatic carbocycles. The number of hydrogen-bond donors (Lipinski definition) is 0. The molecule has 3 aliphatic rings. The summed E-state index contributed by atoms with van der Waals surface area (Å²) in [5.74, 6) is 0.976. The van der Waals surface area contributed by atoms with E-state index in [4.69, 9.17) is 4.74 Å². The van der Waals surface area contributed by atoms with Crippen molar-refractivity contribution in [3.63, 3.8) is 0 Å². The van der Waals surface area contributed by atoms with E-state index in [9.17, 15) is 0 Å². The maximum atomic E-state index is 7.22. The fourth-order valence-corrected chi connectivity index (χ4v) is 7.50. The lowest BCUT2D eigenvalue weighted by Crippen LogP contribution is -2.58. The van der Waals surface area contributed by atoms with Gasteiger partial charge in [-0.2, -0.15) is 4.58 Å². The summed E-state index contributed by atoms with van der Waals surface area (Å²) in [5.41, 5.74) is 10.4. The fourth-order valence-electron chi connectivity index (χ4n) is 7.50. The smallest absolute Gasteiger partial charge is 0.211 e. The SMILES string of the molecule is CN1c2ccccc2C(C)(C)C12C=Cc1cc(/C=C/C3=[N+](C)c4ccccc4C3(C)C)cc(Cc3ccccc3)c1O2. The molecular weight excluding hydrogens is 512 g/mol. The molecule has 3 nitrogen and oxygen atoms in total. The predicted octanol–water partition coefficient (Wildman–Crippen LogP) is 8.53. The van der Waals surface area contributed by atoms with Crippen LogP contribution in [0.15, 0.2) is 103 Å². The van der Waals surface area contributed by atoms with Crippen LogP contribution in [0.2, 0.25) is 0 Å². The highest BCUT2D eigenvalue weighted by molar-refractivity contribution is 6.05. The summed E-state index contributed by atoms with van der Waals surface area (Å²) in [6.07, 6.45) is 9.93. The Hall–Kier alpha value is -4.37. The molecular formula is C39H39N2O+. The normalized spacial score (nSPS) is 21.0. The van der Waals surface area contributed by atoms with Crippen LogP contribution in [0.1, 0.15) is 61.1 Å². The van der Waals surface area contributed by atoms with Crippen LogP contribution in [-0.4, -0.2) is 30.1 Å². The van der Waals surface area contributed by atoms with Gasteiger partial charge in [0, 0.05) is 42.4 Å². The molecule has 0 saturated carbocycles. The number of likely N-dealkylation sites (N-methyl/N-ethyl adjacent to an activating group) is 1. The van der Waals surface area contributed by atoms with Crippen molar-refractivity contribution in [2.75, 3.05) is 19.0 Å². The van der Waals surface area contributed by atoms with E-state index < -0.39 is 5.72 Å². The van der Waals surface area contributed by atoms with E-state index in [0.717, 1.165) is 17.7 Å². The second kappa shape index (κ2) is 9.32. The van der Waals surface area contributed by atoms with Crippen molar-refractivity contribution in [1.29, 1.82) is 0 Å². The zero-order valence-electron chi connectivity index (χ0n) is 25.5. The largest absolute Gasteiger partial charge is 0.462 e. The molecule has 4 aromatic rings. The number of anilines is 1. The predicted molar refractivity (Wildman–Crippen MR) is 175 cm³/mol. The van der Waals surface area contributed by atoms with Crippen molar-refractivity contribution < 1.29 is 9.31 Å². The highest BCUT2D eigenvalue weighted by Gasteiger charge is 2.57. The zero-order chi connectivity index (χ0) is 29.3. The lowest BCUT2D eigenvalue weighted by Gasteiger charge is -2.46. The number of allylic oxidation sites excluding steroid dienone is 1. The van der Waals surface area contributed by atoms with Gasteiger partial charge in [-0.05, 0) is 86.4 Å². The first-order chi connectivity index (χ1) is 20.1. The van der Waals surface area contributed by atoms with Crippen LogP contribution >= 0.6 is 0 Å². The number of benzene rings is 4. The molecule has 1 atom stereocenters. The number of rotatable bonds is 4. The van der Waals surface area contributed by atoms with Crippen LogP contribution < -0.4 is 9.64 Å². The molecule has 4 aromatic carbocycles. The van der Waals surface area contributed by atoms with Gasteiger partial charge in [-0.15, -0.1) is 0 Å². The van der Waals surface area contributed by atoms with Crippen molar-refractivity contribution >= 4 is 29.2 Å². The third kappa shape index (κ3) is 3.76. The third-order valence-electron chi connectivity index (χ3n) is 9.91. The van der Waals surface area contributed by atoms with Gasteiger partial charge in [0.05, 0.1) is 10.8 Å². The molecule has 7 rings (SSSR count). The Morgan fingerprint density at radius 1 is 0.810 bits per heavy atom. The van der Waals surface area contributed by atoms with Crippen molar-refractivity contribution in [2.45, 2.75) is 50.7 Å². The molecule has 0 N–H and O–H groups in total. The van der Waals surface area contributed by atoms with E-state index in [0.29, 0.717) is 0 Å². The Balaban J connectivity index is 1.32. The Labute approximate surface area is 250 Å². The van der Waals surface area contributed by atoms with E-state index >= 15 is 0 Å². The van der Waals surface area contributed by atoms with Crippen molar-refractivity contribution in [2.24, 2.45) is 0 Å². The fraction of sp³-hybridized carbons (Fsp3) is 0.256. The lowest BCUT2D eigenvalue weighted by atomic mass is 9.76. The molecule has 42 heavy (non-hydrogen) atoms. The third-order valence-corrected chi connectivity index (χ3v) is 9.91. The van der Waals surface area contributed by atoms with E-state index in [-0.39, 0.29) is 10.8 Å². The summed E-state index contributed by atoms with van der Waals surface area (Å²) in [5, 5.41) is 0. The molecule has 3 heterocycles. The molecule has 0 aromatic heterocycles. The Morgan fingerprint density at radius 3 is 2.24 bits per heavy atom. The first kappa shape index (κ1) is 26.5. The highest BCUT2D eigenvalue weighted by Crippen LogP contribution is 2.54. The molecule has 0 amide bonds. The Morgan fingerprint density at radius 2 is 1.50 bits per heavy atom. The van der Waals surface area contributed by atoms with Gasteiger partial charge >= 0.3 is 0 Å². The van der Waals surface area contributed by atoms with Crippen LogP contribution in [0.3, 0.4) is 0 Å². The van der Waals surface area contributed by atoms with E-state index in [1.165, 1.54) is 44.9 Å². The van der Waals surface area contributed by atoms with Crippen LogP contribution in [0, 0.1) is 0 Å². The summed E-state index contributed by atoms with van der Waals surface area (Å²) in [6, 6.07) is 32.7. The molecule has 0 saturated heterocycles. The van der Waals surface area contributed by atoms with Gasteiger partial charge in [-0.3, -0.25) is 0 Å². The number of fused-ring (bicyclic) bond motifs is 3. The van der Waals surface area contributed by atoms with Gasteiger partial charge in [0.25, 0.3) is 0 Å². The summed E-state index contributed by atoms with van der Waals surface area (Å²) >= 11 is 0. The van der Waals surface area contributed by atoms with Gasteiger partial charge in [-0.1, -0.05) is 66.7 Å².